The molecular weight excluding hydrogens is 328 g/mol. The van der Waals surface area contributed by atoms with E-state index in [1.54, 1.807) is 18.0 Å². The number of carbonyl (C=O) groups is 1. The summed E-state index contributed by atoms with van der Waals surface area (Å²) in [4.78, 5) is 14.6. The molecule has 0 fully saturated rings. The summed E-state index contributed by atoms with van der Waals surface area (Å²) in [5.74, 6) is 0.686. The van der Waals surface area contributed by atoms with Crippen LogP contribution >= 0.6 is 0 Å². The Morgan fingerprint density at radius 3 is 2.81 bits per heavy atom. The molecule has 2 aromatic carbocycles. The lowest BCUT2D eigenvalue weighted by atomic mass is 10.1. The van der Waals surface area contributed by atoms with Gasteiger partial charge in [0.2, 0.25) is 0 Å². The number of aromatic nitrogens is 3. The predicted octanol–water partition coefficient (Wildman–Crippen LogP) is 4.03. The summed E-state index contributed by atoms with van der Waals surface area (Å²) in [6.45, 7) is 4.71. The van der Waals surface area contributed by atoms with Crippen LogP contribution in [0.15, 0.2) is 52.9 Å². The van der Waals surface area contributed by atoms with Crippen molar-refractivity contribution in [1.82, 2.24) is 19.9 Å². The van der Waals surface area contributed by atoms with E-state index in [0.717, 1.165) is 34.3 Å². The van der Waals surface area contributed by atoms with Crippen LogP contribution in [0.1, 0.15) is 36.0 Å². The fourth-order valence-electron chi connectivity index (χ4n) is 3.12. The predicted molar refractivity (Wildman–Crippen MR) is 99.9 cm³/mol. The van der Waals surface area contributed by atoms with Crippen LogP contribution in [-0.2, 0) is 6.54 Å². The molecule has 6 nitrogen and oxygen atoms in total. The monoisotopic (exact) mass is 348 g/mol. The van der Waals surface area contributed by atoms with Gasteiger partial charge in [-0.15, -0.1) is 5.10 Å². The summed E-state index contributed by atoms with van der Waals surface area (Å²) < 4.78 is 7.72. The Kier molecular flexibility index (Phi) is 3.95. The van der Waals surface area contributed by atoms with Crippen LogP contribution in [0.25, 0.3) is 22.0 Å². The van der Waals surface area contributed by atoms with Gasteiger partial charge in [-0.25, -0.2) is 4.68 Å². The van der Waals surface area contributed by atoms with E-state index in [0.29, 0.717) is 5.56 Å². The van der Waals surface area contributed by atoms with Gasteiger partial charge >= 0.3 is 0 Å². The van der Waals surface area contributed by atoms with Crippen molar-refractivity contribution in [2.45, 2.75) is 26.4 Å². The number of para-hydroxylation sites is 1. The number of hydrogen-bond acceptors (Lipinski definition) is 4. The number of furan rings is 1. The van der Waals surface area contributed by atoms with Crippen LogP contribution in [-0.4, -0.2) is 32.8 Å². The first kappa shape index (κ1) is 16.3. The number of carbonyl (C=O) groups excluding carboxylic acids is 1. The molecule has 132 valence electrons. The van der Waals surface area contributed by atoms with Gasteiger partial charge in [0, 0.05) is 24.5 Å². The molecule has 0 spiro atoms. The maximum Gasteiger partial charge on any atom is 0.254 e. The lowest BCUT2D eigenvalue weighted by Gasteiger charge is -2.23. The minimum atomic E-state index is -0.183. The van der Waals surface area contributed by atoms with Crippen LogP contribution in [0.3, 0.4) is 0 Å². The molecular formula is C20H20N4O2. The molecule has 26 heavy (non-hydrogen) atoms. The number of aryl methyl sites for hydroxylation is 1. The second-order valence-corrected chi connectivity index (χ2v) is 6.39. The normalized spacial score (nSPS) is 12.6. The summed E-state index contributed by atoms with van der Waals surface area (Å²) in [5, 5.41) is 9.28. The van der Waals surface area contributed by atoms with Gasteiger partial charge in [-0.05, 0) is 44.2 Å². The maximum atomic E-state index is 12.9. The third-order valence-corrected chi connectivity index (χ3v) is 4.82. The Bertz CT molecular complexity index is 1060. The molecule has 0 bridgehead atoms. The average Bonchev–Trinajstić information content (AvgIpc) is 3.29. The molecule has 0 radical (unpaired) electrons. The van der Waals surface area contributed by atoms with Crippen LogP contribution in [0.5, 0.6) is 0 Å². The Balaban J connectivity index is 1.62. The molecule has 0 saturated heterocycles. The van der Waals surface area contributed by atoms with E-state index >= 15 is 0 Å². The van der Waals surface area contributed by atoms with Crippen LogP contribution in [0.2, 0.25) is 0 Å². The molecule has 1 atom stereocenters. The van der Waals surface area contributed by atoms with Gasteiger partial charge in [-0.2, -0.15) is 0 Å². The summed E-state index contributed by atoms with van der Waals surface area (Å²) in [7, 11) is 1.78. The Hall–Kier alpha value is -3.15. The second kappa shape index (κ2) is 6.29. The van der Waals surface area contributed by atoms with Crippen LogP contribution < -0.4 is 0 Å². The largest absolute Gasteiger partial charge is 0.459 e. The SMILES string of the molecule is CCn1nnc2cc(C(=O)N(C)C(C)c3cc4ccccc4o3)ccc21. The zero-order valence-corrected chi connectivity index (χ0v) is 15.0. The van der Waals surface area contributed by atoms with E-state index in [4.69, 9.17) is 4.42 Å². The number of amides is 1. The van der Waals surface area contributed by atoms with E-state index in [1.807, 2.05) is 61.0 Å². The molecule has 0 saturated carbocycles. The van der Waals surface area contributed by atoms with Crippen molar-refractivity contribution in [3.8, 4) is 0 Å². The molecule has 6 heteroatoms. The number of fused-ring (bicyclic) bond motifs is 2. The molecule has 0 aliphatic heterocycles. The summed E-state index contributed by atoms with van der Waals surface area (Å²) in [6, 6.07) is 15.2. The number of nitrogens with zero attached hydrogens (tertiary/aromatic N) is 4. The van der Waals surface area contributed by atoms with Crippen molar-refractivity contribution in [2.75, 3.05) is 7.05 Å². The van der Waals surface area contributed by atoms with Crippen molar-refractivity contribution in [3.63, 3.8) is 0 Å². The molecule has 4 aromatic rings. The van der Waals surface area contributed by atoms with Crippen LogP contribution in [0.4, 0.5) is 0 Å². The fourth-order valence-corrected chi connectivity index (χ4v) is 3.12. The van der Waals surface area contributed by atoms with E-state index in [2.05, 4.69) is 10.3 Å². The van der Waals surface area contributed by atoms with Crippen molar-refractivity contribution in [3.05, 3.63) is 59.9 Å². The first-order valence-corrected chi connectivity index (χ1v) is 8.67. The molecule has 2 heterocycles. The van der Waals surface area contributed by atoms with E-state index in [1.165, 1.54) is 0 Å². The van der Waals surface area contributed by atoms with E-state index < -0.39 is 0 Å². The quantitative estimate of drug-likeness (QED) is 0.558. The summed E-state index contributed by atoms with van der Waals surface area (Å²) >= 11 is 0. The van der Waals surface area contributed by atoms with Crippen LogP contribution in [0, 0.1) is 0 Å². The van der Waals surface area contributed by atoms with E-state index in [9.17, 15) is 4.79 Å². The highest BCUT2D eigenvalue weighted by Gasteiger charge is 2.22. The van der Waals surface area contributed by atoms with Gasteiger partial charge in [-0.1, -0.05) is 23.4 Å². The maximum absolute atomic E-state index is 12.9. The number of hydrogen-bond donors (Lipinski definition) is 0. The minimum absolute atomic E-state index is 0.0779. The smallest absolute Gasteiger partial charge is 0.254 e. The highest BCUT2D eigenvalue weighted by molar-refractivity contribution is 5.97. The minimum Gasteiger partial charge on any atom is -0.459 e. The van der Waals surface area contributed by atoms with Crippen molar-refractivity contribution < 1.29 is 9.21 Å². The topological polar surface area (TPSA) is 64.2 Å². The highest BCUT2D eigenvalue weighted by atomic mass is 16.3. The average molecular weight is 348 g/mol. The van der Waals surface area contributed by atoms with Gasteiger partial charge in [0.05, 0.1) is 11.6 Å². The first-order chi connectivity index (χ1) is 12.6. The zero-order valence-electron chi connectivity index (χ0n) is 15.0. The summed E-state index contributed by atoms with van der Waals surface area (Å²) in [6.07, 6.45) is 0. The van der Waals surface area contributed by atoms with Crippen molar-refractivity contribution >= 4 is 27.9 Å². The number of rotatable bonds is 4. The molecule has 0 aliphatic rings. The Morgan fingerprint density at radius 2 is 2.04 bits per heavy atom. The molecule has 2 aromatic heterocycles. The first-order valence-electron chi connectivity index (χ1n) is 8.67. The van der Waals surface area contributed by atoms with Crippen molar-refractivity contribution in [2.24, 2.45) is 0 Å². The van der Waals surface area contributed by atoms with Gasteiger partial charge < -0.3 is 9.32 Å². The third-order valence-electron chi connectivity index (χ3n) is 4.82. The van der Waals surface area contributed by atoms with Crippen molar-refractivity contribution in [1.29, 1.82) is 0 Å². The fraction of sp³-hybridized carbons (Fsp3) is 0.250. The zero-order chi connectivity index (χ0) is 18.3. The Labute approximate surface area is 151 Å². The van der Waals surface area contributed by atoms with Gasteiger partial charge in [0.1, 0.15) is 16.9 Å². The highest BCUT2D eigenvalue weighted by Crippen LogP contribution is 2.27. The second-order valence-electron chi connectivity index (χ2n) is 6.39. The Morgan fingerprint density at radius 1 is 1.23 bits per heavy atom. The summed E-state index contributed by atoms with van der Waals surface area (Å²) in [5.41, 5.74) is 3.07. The lowest BCUT2D eigenvalue weighted by molar-refractivity contribution is 0.0727. The molecule has 0 N–H and O–H groups in total. The van der Waals surface area contributed by atoms with Gasteiger partial charge in [0.25, 0.3) is 5.91 Å². The van der Waals surface area contributed by atoms with Gasteiger partial charge in [-0.3, -0.25) is 4.79 Å². The standard InChI is InChI=1S/C20H20N4O2/c1-4-24-17-10-9-15(11-16(17)21-22-24)20(25)23(3)13(2)19-12-14-7-5-6-8-18(14)26-19/h5-13H,4H2,1-3H3. The molecule has 4 rings (SSSR count). The molecule has 0 aliphatic carbocycles. The third kappa shape index (κ3) is 2.63. The molecule has 1 amide bonds. The van der Waals surface area contributed by atoms with E-state index in [-0.39, 0.29) is 11.9 Å². The lowest BCUT2D eigenvalue weighted by Crippen LogP contribution is -2.29. The number of benzene rings is 2. The van der Waals surface area contributed by atoms with Gasteiger partial charge in [0.15, 0.2) is 0 Å². The molecule has 1 unspecified atom stereocenters.